The fraction of sp³-hybridized carbons (Fsp3) is 0.429. The number of nitrogens with one attached hydrogen (secondary N) is 1. The van der Waals surface area contributed by atoms with E-state index < -0.39 is 5.54 Å². The summed E-state index contributed by atoms with van der Waals surface area (Å²) in [5.74, 6) is 1.44. The summed E-state index contributed by atoms with van der Waals surface area (Å²) in [6.45, 7) is 3.89. The van der Waals surface area contributed by atoms with Crippen LogP contribution < -0.4 is 5.32 Å². The zero-order valence-corrected chi connectivity index (χ0v) is 13.9. The van der Waals surface area contributed by atoms with Gasteiger partial charge < -0.3 is 5.32 Å². The highest BCUT2D eigenvalue weighted by atomic mass is 79.9. The maximum absolute atomic E-state index is 12.0. The summed E-state index contributed by atoms with van der Waals surface area (Å²) in [5.41, 5.74) is 0.444. The first-order valence-electron chi connectivity index (χ1n) is 6.37. The Bertz CT molecular complexity index is 534. The number of carbonyl (C=O) groups is 2. The molecule has 1 aliphatic rings. The van der Waals surface area contributed by atoms with Gasteiger partial charge in [-0.05, 0) is 25.5 Å². The van der Waals surface area contributed by atoms with Gasteiger partial charge in [0.05, 0.1) is 0 Å². The molecule has 1 aromatic rings. The van der Waals surface area contributed by atoms with E-state index in [9.17, 15) is 9.59 Å². The number of amides is 3. The van der Waals surface area contributed by atoms with Crippen molar-refractivity contribution in [3.8, 4) is 0 Å². The molecule has 1 aromatic carbocycles. The number of hydrogen-bond donors (Lipinski definition) is 1. The molecule has 1 N–H and O–H groups in total. The minimum absolute atomic E-state index is 0.149. The SMILES string of the molecule is CC1(C)NC(=O)N(CCSCc2ccccc2Br)C1=O. The van der Waals surface area contributed by atoms with Crippen LogP contribution in [-0.2, 0) is 10.5 Å². The number of rotatable bonds is 5. The molecule has 0 atom stereocenters. The molecule has 1 heterocycles. The van der Waals surface area contributed by atoms with Crippen molar-refractivity contribution in [2.75, 3.05) is 12.3 Å². The van der Waals surface area contributed by atoms with E-state index in [1.807, 2.05) is 18.2 Å². The molecule has 4 nitrogen and oxygen atoms in total. The average molecular weight is 357 g/mol. The van der Waals surface area contributed by atoms with Crippen molar-refractivity contribution in [2.24, 2.45) is 0 Å². The Morgan fingerprint density at radius 3 is 2.60 bits per heavy atom. The molecule has 1 aliphatic heterocycles. The zero-order valence-electron chi connectivity index (χ0n) is 11.5. The van der Waals surface area contributed by atoms with E-state index in [0.29, 0.717) is 6.54 Å². The molecule has 0 aliphatic carbocycles. The van der Waals surface area contributed by atoms with E-state index in [4.69, 9.17) is 0 Å². The van der Waals surface area contributed by atoms with Crippen LogP contribution in [-0.4, -0.2) is 34.7 Å². The van der Waals surface area contributed by atoms with Gasteiger partial charge >= 0.3 is 6.03 Å². The second-order valence-electron chi connectivity index (χ2n) is 5.16. The lowest BCUT2D eigenvalue weighted by atomic mass is 10.1. The molecule has 0 radical (unpaired) electrons. The number of imide groups is 1. The molecular formula is C14H17BrN2O2S. The molecule has 20 heavy (non-hydrogen) atoms. The first-order valence-corrected chi connectivity index (χ1v) is 8.32. The highest BCUT2D eigenvalue weighted by Crippen LogP contribution is 2.22. The number of benzene rings is 1. The van der Waals surface area contributed by atoms with Crippen LogP contribution in [0.4, 0.5) is 4.79 Å². The first kappa shape index (κ1) is 15.4. The summed E-state index contributed by atoms with van der Waals surface area (Å²) in [6, 6.07) is 7.76. The van der Waals surface area contributed by atoms with Crippen LogP contribution in [0.5, 0.6) is 0 Å². The van der Waals surface area contributed by atoms with E-state index in [2.05, 4.69) is 27.3 Å². The Labute approximate surface area is 131 Å². The number of urea groups is 1. The van der Waals surface area contributed by atoms with Crippen LogP contribution in [0.15, 0.2) is 28.7 Å². The van der Waals surface area contributed by atoms with E-state index in [-0.39, 0.29) is 11.9 Å². The van der Waals surface area contributed by atoms with Gasteiger partial charge in [0.2, 0.25) is 0 Å². The van der Waals surface area contributed by atoms with Crippen LogP contribution in [0, 0.1) is 0 Å². The van der Waals surface area contributed by atoms with Crippen LogP contribution in [0.1, 0.15) is 19.4 Å². The van der Waals surface area contributed by atoms with Crippen molar-refractivity contribution >= 4 is 39.6 Å². The van der Waals surface area contributed by atoms with Gasteiger partial charge in [0.25, 0.3) is 5.91 Å². The zero-order chi connectivity index (χ0) is 14.8. The average Bonchev–Trinajstić information content (AvgIpc) is 2.57. The lowest BCUT2D eigenvalue weighted by molar-refractivity contribution is -0.130. The molecule has 0 unspecified atom stereocenters. The van der Waals surface area contributed by atoms with E-state index in [1.54, 1.807) is 25.6 Å². The fourth-order valence-electron chi connectivity index (χ4n) is 1.97. The summed E-state index contributed by atoms with van der Waals surface area (Å²) in [5, 5.41) is 2.68. The molecule has 0 bridgehead atoms. The second kappa shape index (κ2) is 6.18. The van der Waals surface area contributed by atoms with Crippen molar-refractivity contribution in [1.82, 2.24) is 10.2 Å². The Balaban J connectivity index is 1.81. The van der Waals surface area contributed by atoms with Crippen molar-refractivity contribution in [1.29, 1.82) is 0 Å². The minimum Gasteiger partial charge on any atom is -0.324 e. The third kappa shape index (κ3) is 3.35. The molecule has 1 fully saturated rings. The first-order chi connectivity index (χ1) is 9.42. The molecular weight excluding hydrogens is 340 g/mol. The molecule has 1 saturated heterocycles. The summed E-state index contributed by atoms with van der Waals surface area (Å²) in [6.07, 6.45) is 0. The van der Waals surface area contributed by atoms with Crippen LogP contribution in [0.25, 0.3) is 0 Å². The summed E-state index contributed by atoms with van der Waals surface area (Å²) in [7, 11) is 0. The highest BCUT2D eigenvalue weighted by molar-refractivity contribution is 9.10. The predicted octanol–water partition coefficient (Wildman–Crippen LogP) is 3.01. The predicted molar refractivity (Wildman–Crippen MR) is 84.6 cm³/mol. The van der Waals surface area contributed by atoms with Crippen molar-refractivity contribution in [2.45, 2.75) is 25.1 Å². The van der Waals surface area contributed by atoms with E-state index in [0.717, 1.165) is 16.0 Å². The molecule has 3 amide bonds. The summed E-state index contributed by atoms with van der Waals surface area (Å²) >= 11 is 5.21. The molecule has 0 spiro atoms. The maximum Gasteiger partial charge on any atom is 0.325 e. The van der Waals surface area contributed by atoms with Gasteiger partial charge in [0, 0.05) is 22.5 Å². The third-order valence-electron chi connectivity index (χ3n) is 3.12. The number of nitrogens with zero attached hydrogens (tertiary/aromatic N) is 1. The summed E-state index contributed by atoms with van der Waals surface area (Å²) in [4.78, 5) is 25.0. The highest BCUT2D eigenvalue weighted by Gasteiger charge is 2.43. The Morgan fingerprint density at radius 1 is 1.30 bits per heavy atom. The lowest BCUT2D eigenvalue weighted by Gasteiger charge is -2.15. The monoisotopic (exact) mass is 356 g/mol. The number of carbonyl (C=O) groups excluding carboxylic acids is 2. The van der Waals surface area contributed by atoms with Gasteiger partial charge in [0.15, 0.2) is 0 Å². The standard InChI is InChI=1S/C14H17BrN2O2S/c1-14(2)12(18)17(13(19)16-14)7-8-20-9-10-5-3-4-6-11(10)15/h3-6H,7-9H2,1-2H3,(H,16,19). The summed E-state index contributed by atoms with van der Waals surface area (Å²) < 4.78 is 1.09. The topological polar surface area (TPSA) is 49.4 Å². The van der Waals surface area contributed by atoms with Crippen molar-refractivity contribution in [3.05, 3.63) is 34.3 Å². The lowest BCUT2D eigenvalue weighted by Crippen LogP contribution is -2.40. The number of hydrogen-bond acceptors (Lipinski definition) is 3. The molecule has 2 rings (SSSR count). The molecule has 0 saturated carbocycles. The van der Waals surface area contributed by atoms with Crippen molar-refractivity contribution in [3.63, 3.8) is 0 Å². The largest absolute Gasteiger partial charge is 0.325 e. The van der Waals surface area contributed by atoms with Gasteiger partial charge in [-0.15, -0.1) is 0 Å². The van der Waals surface area contributed by atoms with Gasteiger partial charge in [0.1, 0.15) is 5.54 Å². The third-order valence-corrected chi connectivity index (χ3v) is 4.88. The van der Waals surface area contributed by atoms with E-state index in [1.165, 1.54) is 10.5 Å². The fourth-order valence-corrected chi connectivity index (χ4v) is 3.51. The van der Waals surface area contributed by atoms with Crippen molar-refractivity contribution < 1.29 is 9.59 Å². The Morgan fingerprint density at radius 2 is 2.00 bits per heavy atom. The van der Waals surface area contributed by atoms with Crippen LogP contribution in [0.2, 0.25) is 0 Å². The van der Waals surface area contributed by atoms with Gasteiger partial charge in [-0.2, -0.15) is 11.8 Å². The van der Waals surface area contributed by atoms with E-state index >= 15 is 0 Å². The molecule has 0 aromatic heterocycles. The smallest absolute Gasteiger partial charge is 0.324 e. The quantitative estimate of drug-likeness (QED) is 0.651. The normalized spacial score (nSPS) is 17.4. The maximum atomic E-state index is 12.0. The van der Waals surface area contributed by atoms with Gasteiger partial charge in [-0.1, -0.05) is 34.1 Å². The molecule has 108 valence electrons. The minimum atomic E-state index is -0.774. The van der Waals surface area contributed by atoms with Crippen LogP contribution >= 0.6 is 27.7 Å². The van der Waals surface area contributed by atoms with Gasteiger partial charge in [-0.25, -0.2) is 4.79 Å². The Hall–Kier alpha value is -1.01. The second-order valence-corrected chi connectivity index (χ2v) is 7.12. The molecule has 6 heteroatoms. The van der Waals surface area contributed by atoms with Gasteiger partial charge in [-0.3, -0.25) is 9.69 Å². The number of halogens is 1. The Kier molecular flexibility index (Phi) is 4.75. The number of thioether (sulfide) groups is 1. The van der Waals surface area contributed by atoms with Crippen LogP contribution in [0.3, 0.4) is 0 Å².